The molecule has 1 nitrogen and oxygen atoms in total. The monoisotopic (exact) mass is 503 g/mol. The minimum atomic E-state index is -0.522. The number of quaternary nitrogens is 1. The van der Waals surface area contributed by atoms with Crippen molar-refractivity contribution in [2.45, 2.75) is 26.3 Å². The largest absolute Gasteiger partial charge is 1.00 e. The Balaban J connectivity index is 0.00000280. The highest BCUT2D eigenvalue weighted by Crippen LogP contribution is 2.33. The zero-order valence-corrected chi connectivity index (χ0v) is 20.2. The van der Waals surface area contributed by atoms with E-state index >= 15 is 0 Å². The normalized spacial score (nSPS) is 11.3. The molecule has 0 aliphatic rings. The lowest BCUT2D eigenvalue weighted by Gasteiger charge is -2.30. The van der Waals surface area contributed by atoms with Gasteiger partial charge in [-0.05, 0) is 36.3 Å². The maximum Gasteiger partial charge on any atom is 0.104 e. The molecule has 0 aliphatic heterocycles. The highest BCUT2D eigenvalue weighted by molar-refractivity contribution is 7.79. The van der Waals surface area contributed by atoms with Crippen molar-refractivity contribution < 1.29 is 28.5 Å². The molecule has 3 heteroatoms. The summed E-state index contributed by atoms with van der Waals surface area (Å²) in [4.78, 5) is 0. The van der Waals surface area contributed by atoms with Gasteiger partial charge in [-0.15, -0.1) is 0 Å². The van der Waals surface area contributed by atoms with Crippen LogP contribution in [0.5, 0.6) is 0 Å². The van der Waals surface area contributed by atoms with Gasteiger partial charge in [-0.3, -0.25) is 0 Å². The second-order valence-corrected chi connectivity index (χ2v) is 10.1. The summed E-state index contributed by atoms with van der Waals surface area (Å²) in [6.07, 6.45) is 2.54. The molecule has 0 bridgehead atoms. The minimum Gasteiger partial charge on any atom is -1.00 e. The number of unbranched alkanes of at least 4 members (excludes halogenated alkanes) is 1. The van der Waals surface area contributed by atoms with Gasteiger partial charge in [-0.1, -0.05) is 92.2 Å². The molecule has 0 aromatic heterocycles. The van der Waals surface area contributed by atoms with Gasteiger partial charge >= 0.3 is 0 Å². The predicted molar refractivity (Wildman–Crippen MR) is 121 cm³/mol. The molecule has 0 N–H and O–H groups in total. The van der Waals surface area contributed by atoms with Crippen molar-refractivity contribution in [1.82, 2.24) is 0 Å². The van der Waals surface area contributed by atoms with Crippen LogP contribution in [0.25, 0.3) is 0 Å². The maximum atomic E-state index is 2.44. The van der Waals surface area contributed by atoms with Gasteiger partial charge in [0, 0.05) is 5.56 Å². The van der Waals surface area contributed by atoms with E-state index in [1.54, 1.807) is 0 Å². The van der Waals surface area contributed by atoms with E-state index in [1.165, 1.54) is 40.9 Å². The first-order valence-electron chi connectivity index (χ1n) is 9.90. The Kier molecular flexibility index (Phi) is 9.14. The average molecular weight is 503 g/mol. The van der Waals surface area contributed by atoms with Crippen molar-refractivity contribution in [2.24, 2.45) is 0 Å². The van der Waals surface area contributed by atoms with Crippen molar-refractivity contribution in [2.75, 3.05) is 20.6 Å². The Morgan fingerprint density at radius 3 is 1.79 bits per heavy atom. The Bertz CT molecular complexity index is 794. The van der Waals surface area contributed by atoms with Crippen molar-refractivity contribution in [3.63, 3.8) is 0 Å². The van der Waals surface area contributed by atoms with E-state index < -0.39 is 7.92 Å². The van der Waals surface area contributed by atoms with Crippen molar-refractivity contribution in [1.29, 1.82) is 0 Å². The molecule has 0 atom stereocenters. The fourth-order valence-electron chi connectivity index (χ4n) is 3.55. The maximum absolute atomic E-state index is 2.44. The lowest BCUT2D eigenvalue weighted by Crippen LogP contribution is -3.00. The van der Waals surface area contributed by atoms with Crippen molar-refractivity contribution >= 4 is 23.8 Å². The van der Waals surface area contributed by atoms with Crippen LogP contribution in [0.3, 0.4) is 0 Å². The number of halogens is 1. The first-order valence-corrected chi connectivity index (χ1v) is 11.2. The van der Waals surface area contributed by atoms with E-state index in [0.717, 1.165) is 11.0 Å². The van der Waals surface area contributed by atoms with Crippen LogP contribution in [0.4, 0.5) is 0 Å². The summed E-state index contributed by atoms with van der Waals surface area (Å²) in [7, 11) is 4.17. The summed E-state index contributed by atoms with van der Waals surface area (Å²) in [5, 5.41) is 4.27. The molecule has 0 saturated heterocycles. The van der Waals surface area contributed by atoms with Crippen molar-refractivity contribution in [3.05, 3.63) is 90.5 Å². The second-order valence-electron chi connectivity index (χ2n) is 7.85. The zero-order chi connectivity index (χ0) is 19.1. The highest BCUT2D eigenvalue weighted by Gasteiger charge is 2.19. The highest BCUT2D eigenvalue weighted by atomic mass is 127. The molecule has 0 aliphatic carbocycles. The van der Waals surface area contributed by atoms with Crippen LogP contribution >= 0.6 is 7.92 Å². The average Bonchev–Trinajstić information content (AvgIpc) is 2.68. The number of hydrogen-bond donors (Lipinski definition) is 0. The smallest absolute Gasteiger partial charge is 0.104 e. The first-order chi connectivity index (χ1) is 13.1. The van der Waals surface area contributed by atoms with Crippen LogP contribution in [0.15, 0.2) is 84.9 Å². The third-order valence-electron chi connectivity index (χ3n) is 4.93. The summed E-state index contributed by atoms with van der Waals surface area (Å²) in [6, 6.07) is 31.2. The zero-order valence-electron chi connectivity index (χ0n) is 17.2. The van der Waals surface area contributed by atoms with E-state index in [-0.39, 0.29) is 24.0 Å². The lowest BCUT2D eigenvalue weighted by atomic mass is 10.2. The topological polar surface area (TPSA) is 0 Å². The molecular formula is C25H31INP. The quantitative estimate of drug-likeness (QED) is 0.250. The fraction of sp³-hybridized carbons (Fsp3) is 0.280. The third-order valence-corrected chi connectivity index (χ3v) is 7.35. The fourth-order valence-corrected chi connectivity index (χ4v) is 5.92. The SMILES string of the molecule is CCCC[N+](C)(C)Cc1cccc(P(c2ccccc2)c2ccccc2)c1.[I-]. The molecule has 3 rings (SSSR count). The molecule has 0 spiro atoms. The van der Waals surface area contributed by atoms with Crippen LogP contribution in [-0.2, 0) is 6.54 Å². The number of rotatable bonds is 8. The Morgan fingerprint density at radius 1 is 0.714 bits per heavy atom. The summed E-state index contributed by atoms with van der Waals surface area (Å²) in [5.41, 5.74) is 1.44. The van der Waals surface area contributed by atoms with Gasteiger partial charge in [0.05, 0.1) is 20.6 Å². The van der Waals surface area contributed by atoms with E-state index in [0.29, 0.717) is 0 Å². The van der Waals surface area contributed by atoms with Crippen LogP contribution in [0.1, 0.15) is 25.3 Å². The van der Waals surface area contributed by atoms with Gasteiger partial charge in [-0.25, -0.2) is 0 Å². The molecule has 0 saturated carbocycles. The van der Waals surface area contributed by atoms with Crippen molar-refractivity contribution in [3.8, 4) is 0 Å². The van der Waals surface area contributed by atoms with E-state index in [4.69, 9.17) is 0 Å². The molecule has 0 amide bonds. The Labute approximate surface area is 189 Å². The molecule has 28 heavy (non-hydrogen) atoms. The van der Waals surface area contributed by atoms with Gasteiger partial charge in [-0.2, -0.15) is 0 Å². The van der Waals surface area contributed by atoms with Crippen LogP contribution < -0.4 is 39.9 Å². The number of benzene rings is 3. The molecule has 0 unspecified atom stereocenters. The van der Waals surface area contributed by atoms with E-state index in [9.17, 15) is 0 Å². The van der Waals surface area contributed by atoms with Crippen LogP contribution in [0, 0.1) is 0 Å². The van der Waals surface area contributed by atoms with E-state index in [1.807, 2.05) is 0 Å². The van der Waals surface area contributed by atoms with Gasteiger partial charge < -0.3 is 28.5 Å². The second kappa shape index (κ2) is 11.1. The van der Waals surface area contributed by atoms with Gasteiger partial charge in [0.1, 0.15) is 6.54 Å². The number of nitrogens with zero attached hydrogens (tertiary/aromatic N) is 1. The van der Waals surface area contributed by atoms with E-state index in [2.05, 4.69) is 106 Å². The summed E-state index contributed by atoms with van der Waals surface area (Å²) < 4.78 is 1.05. The summed E-state index contributed by atoms with van der Waals surface area (Å²) in [5.74, 6) is 0. The minimum absolute atomic E-state index is 0. The Morgan fingerprint density at radius 2 is 1.25 bits per heavy atom. The van der Waals surface area contributed by atoms with Gasteiger partial charge in [0.2, 0.25) is 0 Å². The Hall–Kier alpha value is -1.22. The molecule has 148 valence electrons. The molecule has 3 aromatic rings. The first kappa shape index (κ1) is 23.1. The van der Waals surface area contributed by atoms with Crippen LogP contribution in [-0.4, -0.2) is 25.1 Å². The lowest BCUT2D eigenvalue weighted by molar-refractivity contribution is -0.903. The summed E-state index contributed by atoms with van der Waals surface area (Å²) in [6.45, 7) is 4.58. The predicted octanol–water partition coefficient (Wildman–Crippen LogP) is 1.83. The summed E-state index contributed by atoms with van der Waals surface area (Å²) >= 11 is 0. The number of hydrogen-bond acceptors (Lipinski definition) is 0. The third kappa shape index (κ3) is 6.40. The molecule has 0 radical (unpaired) electrons. The standard InChI is InChI=1S/C25H31NP.HI/c1-4-5-19-26(2,3)21-22-13-12-18-25(20-22)27(23-14-8-6-9-15-23)24-16-10-7-11-17-24;/h6-18,20H,4-5,19,21H2,1-3H3;1H/q+1;/p-1. The molecule has 0 fully saturated rings. The van der Waals surface area contributed by atoms with Crippen LogP contribution in [0.2, 0.25) is 0 Å². The van der Waals surface area contributed by atoms with Gasteiger partial charge in [0.15, 0.2) is 0 Å². The molecule has 0 heterocycles. The molecule has 3 aromatic carbocycles. The molecular weight excluding hydrogens is 472 g/mol. The van der Waals surface area contributed by atoms with Gasteiger partial charge in [0.25, 0.3) is 0 Å².